The minimum Gasteiger partial charge on any atom is -0.789 e. The van der Waals surface area contributed by atoms with Crippen molar-refractivity contribution in [3.05, 3.63) is 33.1 Å². The third-order valence-electron chi connectivity index (χ3n) is 5.14. The van der Waals surface area contributed by atoms with E-state index in [0.29, 0.717) is 4.57 Å². The van der Waals surface area contributed by atoms with Crippen LogP contribution in [0.25, 0.3) is 0 Å². The first-order valence-electron chi connectivity index (χ1n) is 9.96. The first kappa shape index (κ1) is 36.6. The number of aliphatic hydroxyl groups is 6. The van der Waals surface area contributed by atoms with Crippen molar-refractivity contribution < 1.29 is 132 Å². The van der Waals surface area contributed by atoms with Gasteiger partial charge in [-0.05, 0) is 0 Å². The van der Waals surface area contributed by atoms with Crippen LogP contribution in [0.3, 0.4) is 0 Å². The van der Waals surface area contributed by atoms with Crippen molar-refractivity contribution in [3.63, 3.8) is 0 Å². The van der Waals surface area contributed by atoms with Crippen LogP contribution < -0.4 is 80.2 Å². The number of phosphoric acid groups is 2. The minimum absolute atomic E-state index is 0. The van der Waals surface area contributed by atoms with E-state index in [4.69, 9.17) is 14.0 Å². The van der Waals surface area contributed by atoms with Gasteiger partial charge in [-0.15, -0.1) is 0 Å². The number of aromatic amines is 1. The van der Waals surface area contributed by atoms with Crippen LogP contribution in [0, 0.1) is 0 Å². The summed E-state index contributed by atoms with van der Waals surface area (Å²) in [5.41, 5.74) is -1.80. The summed E-state index contributed by atoms with van der Waals surface area (Å²) in [4.78, 5) is 47.3. The summed E-state index contributed by atoms with van der Waals surface area (Å²) in [6.45, 7) is -2.05. The fourth-order valence-corrected chi connectivity index (χ4v) is 5.51. The number of nitrogens with one attached hydrogen (secondary N) is 1. The van der Waals surface area contributed by atoms with Gasteiger partial charge in [-0.25, -0.2) is 9.36 Å². The van der Waals surface area contributed by atoms with Crippen LogP contribution in [0.15, 0.2) is 21.9 Å². The van der Waals surface area contributed by atoms with Gasteiger partial charge in [0.1, 0.15) is 42.7 Å². The molecule has 10 atom stereocenters. The molecule has 2 saturated heterocycles. The Morgan fingerprint density at radius 3 is 2.11 bits per heavy atom. The molecular weight excluding hydrogens is 588 g/mol. The molecule has 0 aliphatic carbocycles. The smallest absolute Gasteiger partial charge is 0.789 e. The molecule has 0 radical (unpaired) electrons. The van der Waals surface area contributed by atoms with Gasteiger partial charge in [-0.3, -0.25) is 27.7 Å². The van der Waals surface area contributed by atoms with E-state index in [1.54, 1.807) is 0 Å². The molecule has 3 heterocycles. The van der Waals surface area contributed by atoms with Crippen molar-refractivity contribution in [2.24, 2.45) is 0 Å². The molecule has 0 bridgehead atoms. The average molecular weight is 610 g/mol. The zero-order chi connectivity index (χ0) is 27.0. The predicted molar refractivity (Wildman–Crippen MR) is 104 cm³/mol. The molecule has 2 aliphatic rings. The van der Waals surface area contributed by atoms with Crippen molar-refractivity contribution >= 4 is 15.6 Å². The first-order chi connectivity index (χ1) is 16.7. The fraction of sp³-hybridized carbons (Fsp3) is 0.733. The summed E-state index contributed by atoms with van der Waals surface area (Å²) in [6, 6.07) is 0.907. The van der Waals surface area contributed by atoms with E-state index >= 15 is 0 Å². The maximum atomic E-state index is 12.9. The minimum atomic E-state index is -6.13. The number of hydrogen-bond acceptors (Lipinski definition) is 17. The Morgan fingerprint density at radius 1 is 0.947 bits per heavy atom. The SMILES string of the molecule is O=c1ccn([C@@H]2O[C@H](COP(=O)(O[C@H]3O[C@H](CO)[C@@H](O)[C@H](O)[C@H]3O)OP(=O)([O-])[O-])[C@@H](O)[C@H]2O)c(=O)[nH]1.[Na+].[Na+]. The molecule has 1 unspecified atom stereocenters. The molecule has 0 saturated carbocycles. The zero-order valence-corrected chi connectivity index (χ0v) is 25.6. The number of H-pyrrole nitrogens is 1. The quantitative estimate of drug-likeness (QED) is 0.101. The number of aromatic nitrogens is 2. The normalized spacial score (nSPS) is 35.1. The van der Waals surface area contributed by atoms with Gasteiger partial charge < -0.3 is 54.5 Å². The number of aliphatic hydroxyl groups excluding tert-OH is 6. The van der Waals surface area contributed by atoms with Crippen molar-refractivity contribution in [2.45, 2.75) is 55.2 Å². The Balaban J connectivity index is 0.00000361. The fourth-order valence-electron chi connectivity index (χ4n) is 3.37. The molecule has 0 aromatic carbocycles. The van der Waals surface area contributed by atoms with Gasteiger partial charge in [0.15, 0.2) is 12.5 Å². The van der Waals surface area contributed by atoms with Gasteiger partial charge in [0.2, 0.25) is 0 Å². The van der Waals surface area contributed by atoms with Crippen LogP contribution >= 0.6 is 15.6 Å². The Kier molecular flexibility index (Phi) is 14.2. The topological polar surface area (TPSA) is 303 Å². The maximum Gasteiger partial charge on any atom is 1.00 e. The summed E-state index contributed by atoms with van der Waals surface area (Å²) in [5, 5.41) is 59.2. The standard InChI is InChI=1S/C15H24N2O17P2.2Na/c18-3-5-8(20)10(22)12(24)14(32-5)33-36(29,34-35(26,27)28)30-4-6-9(21)11(23)13(31-6)17-2-1-7(19)16-15(17)25;;/h1-2,5-6,8-14,18,20-24H,3-4H2,(H,16,19,25)(H2,26,27,28);;/q;2*+1/p-2/t5-,6-,8-,9-,10+,11-,12-,13-,14-,36?;;/m1../s1. The largest absolute Gasteiger partial charge is 1.00 e. The van der Waals surface area contributed by atoms with Gasteiger partial charge in [-0.1, -0.05) is 0 Å². The molecule has 23 heteroatoms. The molecule has 1 aromatic rings. The molecule has 3 rings (SSSR count). The number of phosphoric ester groups is 1. The van der Waals surface area contributed by atoms with Gasteiger partial charge in [-0.2, -0.15) is 0 Å². The molecule has 0 amide bonds. The Morgan fingerprint density at radius 2 is 1.55 bits per heavy atom. The van der Waals surface area contributed by atoms with E-state index < -0.39 is 95.4 Å². The van der Waals surface area contributed by atoms with Crippen molar-refractivity contribution in [1.82, 2.24) is 9.55 Å². The molecular formula is C15H22N2Na2O17P2. The molecule has 0 spiro atoms. The van der Waals surface area contributed by atoms with Crippen LogP contribution in [-0.4, -0.2) is 102 Å². The summed E-state index contributed by atoms with van der Waals surface area (Å²) in [6.07, 6.45) is -16.0. The van der Waals surface area contributed by atoms with Gasteiger partial charge in [0.05, 0.1) is 21.0 Å². The zero-order valence-electron chi connectivity index (χ0n) is 19.8. The van der Waals surface area contributed by atoms with Crippen molar-refractivity contribution in [1.29, 1.82) is 0 Å². The van der Waals surface area contributed by atoms with Crippen LogP contribution in [0.4, 0.5) is 0 Å². The number of rotatable bonds is 9. The van der Waals surface area contributed by atoms with Crippen LogP contribution in [-0.2, 0) is 32.0 Å². The third kappa shape index (κ3) is 8.81. The molecule has 2 aliphatic heterocycles. The van der Waals surface area contributed by atoms with Crippen LogP contribution in [0.1, 0.15) is 6.23 Å². The third-order valence-corrected chi connectivity index (χ3v) is 7.67. The average Bonchev–Trinajstić information content (AvgIpc) is 3.05. The van der Waals surface area contributed by atoms with E-state index in [1.807, 2.05) is 4.98 Å². The monoisotopic (exact) mass is 610 g/mol. The molecule has 1 aromatic heterocycles. The second kappa shape index (κ2) is 14.7. The summed E-state index contributed by atoms with van der Waals surface area (Å²) < 4.78 is 48.1. The van der Waals surface area contributed by atoms with Gasteiger partial charge in [0.25, 0.3) is 5.56 Å². The van der Waals surface area contributed by atoms with E-state index in [1.165, 1.54) is 0 Å². The maximum absolute atomic E-state index is 12.9. The molecule has 2 fully saturated rings. The molecule has 19 nitrogen and oxygen atoms in total. The Hall–Kier alpha value is 0.620. The van der Waals surface area contributed by atoms with E-state index in [-0.39, 0.29) is 59.1 Å². The van der Waals surface area contributed by atoms with Gasteiger partial charge >= 0.3 is 72.6 Å². The summed E-state index contributed by atoms with van der Waals surface area (Å²) >= 11 is 0. The van der Waals surface area contributed by atoms with E-state index in [0.717, 1.165) is 12.3 Å². The van der Waals surface area contributed by atoms with Crippen molar-refractivity contribution in [3.8, 4) is 0 Å². The molecule has 206 valence electrons. The summed E-state index contributed by atoms with van der Waals surface area (Å²) in [7, 11) is -11.7. The molecule has 7 N–H and O–H groups in total. The van der Waals surface area contributed by atoms with E-state index in [9.17, 15) is 59.1 Å². The van der Waals surface area contributed by atoms with Crippen LogP contribution in [0.5, 0.6) is 0 Å². The number of ether oxygens (including phenoxy) is 2. The Labute approximate surface area is 256 Å². The number of nitrogens with zero attached hydrogens (tertiary/aromatic N) is 1. The predicted octanol–water partition coefficient (Wildman–Crippen LogP) is -12.0. The summed E-state index contributed by atoms with van der Waals surface area (Å²) in [5.74, 6) is 0. The molecule has 38 heavy (non-hydrogen) atoms. The Bertz CT molecular complexity index is 1130. The second-order valence-electron chi connectivity index (χ2n) is 7.64. The van der Waals surface area contributed by atoms with Crippen molar-refractivity contribution in [2.75, 3.05) is 13.2 Å². The first-order valence-corrected chi connectivity index (χ1v) is 12.9. The van der Waals surface area contributed by atoms with E-state index in [2.05, 4.69) is 8.83 Å². The second-order valence-corrected chi connectivity index (χ2v) is 10.5. The van der Waals surface area contributed by atoms with Gasteiger partial charge in [0, 0.05) is 12.3 Å². The number of hydrogen-bond donors (Lipinski definition) is 7. The van der Waals surface area contributed by atoms with Crippen LogP contribution in [0.2, 0.25) is 0 Å².